The minimum absolute atomic E-state index is 0.150. The highest BCUT2D eigenvalue weighted by molar-refractivity contribution is 5.97. The smallest absolute Gasteiger partial charge is 0.251 e. The Balaban J connectivity index is 2.16. The predicted molar refractivity (Wildman–Crippen MR) is 96.4 cm³/mol. The van der Waals surface area contributed by atoms with E-state index in [9.17, 15) is 14.7 Å². The number of hydrogen-bond acceptors (Lipinski definition) is 4. The van der Waals surface area contributed by atoms with Gasteiger partial charge in [0.15, 0.2) is 0 Å². The lowest BCUT2D eigenvalue weighted by Gasteiger charge is -2.15. The number of pyridine rings is 1. The van der Waals surface area contributed by atoms with Gasteiger partial charge in [-0.3, -0.25) is 9.59 Å². The highest BCUT2D eigenvalue weighted by Crippen LogP contribution is 2.19. The monoisotopic (exact) mass is 341 g/mol. The fourth-order valence-electron chi connectivity index (χ4n) is 2.29. The zero-order valence-corrected chi connectivity index (χ0v) is 14.8. The summed E-state index contributed by atoms with van der Waals surface area (Å²) in [5, 5.41) is 15.1. The summed E-state index contributed by atoms with van der Waals surface area (Å²) in [5.41, 5.74) is 1.85. The number of nitrogens with zero attached hydrogens (tertiary/aromatic N) is 1. The number of aromatic nitrogens is 1. The Kier molecular flexibility index (Phi) is 5.75. The molecule has 132 valence electrons. The topological polar surface area (TPSA) is 91.3 Å². The molecule has 0 aliphatic heterocycles. The van der Waals surface area contributed by atoms with Crippen molar-refractivity contribution < 1.29 is 14.7 Å². The summed E-state index contributed by atoms with van der Waals surface area (Å²) in [6, 6.07) is 9.68. The van der Waals surface area contributed by atoms with Gasteiger partial charge in [-0.2, -0.15) is 0 Å². The van der Waals surface area contributed by atoms with Gasteiger partial charge in [-0.15, -0.1) is 0 Å². The zero-order chi connectivity index (χ0) is 18.6. The number of amides is 2. The fraction of sp³-hybridized carbons (Fsp3) is 0.316. The van der Waals surface area contributed by atoms with Crippen molar-refractivity contribution in [2.75, 3.05) is 5.32 Å². The summed E-state index contributed by atoms with van der Waals surface area (Å²) in [5.74, 6) is -0.102. The number of carbonyl (C=O) groups is 2. The van der Waals surface area contributed by atoms with Crippen LogP contribution in [-0.2, 0) is 4.79 Å². The summed E-state index contributed by atoms with van der Waals surface area (Å²) in [4.78, 5) is 28.6. The first-order valence-electron chi connectivity index (χ1n) is 8.15. The van der Waals surface area contributed by atoms with E-state index < -0.39 is 0 Å². The van der Waals surface area contributed by atoms with Gasteiger partial charge in [-0.05, 0) is 43.7 Å². The Morgan fingerprint density at radius 2 is 1.84 bits per heavy atom. The first kappa shape index (κ1) is 18.4. The van der Waals surface area contributed by atoms with Gasteiger partial charge < -0.3 is 15.7 Å². The van der Waals surface area contributed by atoms with Crippen molar-refractivity contribution in [3.8, 4) is 5.75 Å². The number of rotatable bonds is 5. The van der Waals surface area contributed by atoms with E-state index >= 15 is 0 Å². The third kappa shape index (κ3) is 5.04. The molecule has 0 fully saturated rings. The van der Waals surface area contributed by atoms with Crippen LogP contribution in [0.1, 0.15) is 48.4 Å². The van der Waals surface area contributed by atoms with Crippen molar-refractivity contribution in [2.24, 2.45) is 5.92 Å². The van der Waals surface area contributed by atoms with Gasteiger partial charge in [0, 0.05) is 17.2 Å². The number of nitrogens with one attached hydrogen (secondary N) is 2. The van der Waals surface area contributed by atoms with Crippen molar-refractivity contribution in [1.29, 1.82) is 0 Å². The molecular weight excluding hydrogens is 318 g/mol. The van der Waals surface area contributed by atoms with Crippen LogP contribution in [0.5, 0.6) is 5.75 Å². The third-order valence-electron chi connectivity index (χ3n) is 3.71. The lowest BCUT2D eigenvalue weighted by Crippen LogP contribution is -2.27. The van der Waals surface area contributed by atoms with Crippen LogP contribution < -0.4 is 10.6 Å². The second-order valence-electron chi connectivity index (χ2n) is 6.32. The zero-order valence-electron chi connectivity index (χ0n) is 14.8. The molecule has 25 heavy (non-hydrogen) atoms. The molecule has 0 saturated heterocycles. The number of phenolic OH excluding ortho intramolecular Hbond substituents is 1. The molecule has 0 radical (unpaired) electrons. The van der Waals surface area contributed by atoms with Crippen LogP contribution in [0.4, 0.5) is 5.82 Å². The molecule has 1 aromatic heterocycles. The minimum Gasteiger partial charge on any atom is -0.508 e. The van der Waals surface area contributed by atoms with Crippen LogP contribution in [0.3, 0.4) is 0 Å². The van der Waals surface area contributed by atoms with E-state index in [-0.39, 0.29) is 29.5 Å². The maximum Gasteiger partial charge on any atom is 0.251 e. The lowest BCUT2D eigenvalue weighted by molar-refractivity contribution is -0.118. The number of carbonyl (C=O) groups excluding carboxylic acids is 2. The molecule has 6 heteroatoms. The Morgan fingerprint density at radius 1 is 1.12 bits per heavy atom. The molecule has 0 spiro atoms. The molecule has 3 N–H and O–H groups in total. The van der Waals surface area contributed by atoms with Gasteiger partial charge in [0.2, 0.25) is 5.91 Å². The molecule has 0 aliphatic rings. The molecule has 0 bridgehead atoms. The Morgan fingerprint density at radius 3 is 2.48 bits per heavy atom. The molecule has 2 rings (SSSR count). The van der Waals surface area contributed by atoms with E-state index in [1.54, 1.807) is 51.1 Å². The fourth-order valence-corrected chi connectivity index (χ4v) is 2.29. The second kappa shape index (κ2) is 7.79. The van der Waals surface area contributed by atoms with E-state index in [1.165, 1.54) is 0 Å². The molecule has 0 unspecified atom stereocenters. The molecule has 0 saturated carbocycles. The summed E-state index contributed by atoms with van der Waals surface area (Å²) >= 11 is 0. The summed E-state index contributed by atoms with van der Waals surface area (Å²) in [6.07, 6.45) is 0. The average molecular weight is 341 g/mol. The number of aryl methyl sites for hydroxylation is 1. The van der Waals surface area contributed by atoms with Crippen LogP contribution >= 0.6 is 0 Å². The predicted octanol–water partition coefficient (Wildman–Crippen LogP) is 3.18. The van der Waals surface area contributed by atoms with Crippen LogP contribution in [0.25, 0.3) is 0 Å². The van der Waals surface area contributed by atoms with Crippen molar-refractivity contribution in [2.45, 2.75) is 33.7 Å². The number of benzene rings is 1. The molecule has 0 aliphatic carbocycles. The van der Waals surface area contributed by atoms with E-state index in [1.807, 2.05) is 13.0 Å². The summed E-state index contributed by atoms with van der Waals surface area (Å²) in [6.45, 7) is 7.17. The highest BCUT2D eigenvalue weighted by atomic mass is 16.3. The van der Waals surface area contributed by atoms with Gasteiger partial charge in [0.05, 0.1) is 6.04 Å². The van der Waals surface area contributed by atoms with Crippen molar-refractivity contribution >= 4 is 17.6 Å². The van der Waals surface area contributed by atoms with E-state index in [0.29, 0.717) is 17.1 Å². The summed E-state index contributed by atoms with van der Waals surface area (Å²) in [7, 11) is 0. The maximum absolute atomic E-state index is 12.5. The largest absolute Gasteiger partial charge is 0.508 e. The lowest BCUT2D eigenvalue weighted by atomic mass is 10.1. The molecule has 1 heterocycles. The Hall–Kier alpha value is -2.89. The highest BCUT2D eigenvalue weighted by Gasteiger charge is 2.15. The second-order valence-corrected chi connectivity index (χ2v) is 6.32. The van der Waals surface area contributed by atoms with Crippen molar-refractivity contribution in [3.63, 3.8) is 0 Å². The van der Waals surface area contributed by atoms with Gasteiger partial charge in [0.25, 0.3) is 5.91 Å². The number of anilines is 1. The van der Waals surface area contributed by atoms with Gasteiger partial charge >= 0.3 is 0 Å². The summed E-state index contributed by atoms with van der Waals surface area (Å²) < 4.78 is 0. The Bertz CT molecular complexity index is 787. The van der Waals surface area contributed by atoms with E-state index in [2.05, 4.69) is 15.6 Å². The molecule has 2 amide bonds. The van der Waals surface area contributed by atoms with Crippen LogP contribution in [0.2, 0.25) is 0 Å². The first-order valence-corrected chi connectivity index (χ1v) is 8.15. The minimum atomic E-state index is -0.276. The first-order chi connectivity index (χ1) is 11.8. The van der Waals surface area contributed by atoms with Gasteiger partial charge in [-0.25, -0.2) is 4.98 Å². The number of phenols is 1. The van der Waals surface area contributed by atoms with E-state index in [4.69, 9.17) is 0 Å². The molecule has 6 nitrogen and oxygen atoms in total. The molecule has 1 atom stereocenters. The standard InChI is InChI=1S/C19H23N3O3/c1-11(2)18(24)22-17-10-15(8-12(3)20-17)19(25)21-13(4)14-6-5-7-16(23)9-14/h5-11,13,23H,1-4H3,(H,21,25)(H,20,22,24)/t13-/m1/s1. The van der Waals surface area contributed by atoms with Crippen molar-refractivity contribution in [1.82, 2.24) is 10.3 Å². The van der Waals surface area contributed by atoms with Gasteiger partial charge in [0.1, 0.15) is 11.6 Å². The van der Waals surface area contributed by atoms with Crippen LogP contribution in [0, 0.1) is 12.8 Å². The molecular formula is C19H23N3O3. The van der Waals surface area contributed by atoms with Crippen molar-refractivity contribution in [3.05, 3.63) is 53.2 Å². The number of aromatic hydroxyl groups is 1. The maximum atomic E-state index is 12.5. The SMILES string of the molecule is Cc1cc(C(=O)N[C@H](C)c2cccc(O)c2)cc(NC(=O)C(C)C)n1. The molecule has 1 aromatic carbocycles. The van der Waals surface area contributed by atoms with E-state index in [0.717, 1.165) is 5.56 Å². The normalized spacial score (nSPS) is 11.9. The molecule has 2 aromatic rings. The van der Waals surface area contributed by atoms with Gasteiger partial charge in [-0.1, -0.05) is 26.0 Å². The third-order valence-corrected chi connectivity index (χ3v) is 3.71. The van der Waals surface area contributed by atoms with Crippen LogP contribution in [0.15, 0.2) is 36.4 Å². The number of hydrogen-bond donors (Lipinski definition) is 3. The van der Waals surface area contributed by atoms with Crippen LogP contribution in [-0.4, -0.2) is 21.9 Å². The Labute approximate surface area is 147 Å². The average Bonchev–Trinajstić information content (AvgIpc) is 2.54. The quantitative estimate of drug-likeness (QED) is 0.779.